The van der Waals surface area contributed by atoms with E-state index in [0.717, 1.165) is 25.9 Å². The minimum Gasteiger partial charge on any atom is -0.490 e. The lowest BCUT2D eigenvalue weighted by molar-refractivity contribution is 0.0295. The van der Waals surface area contributed by atoms with Crippen molar-refractivity contribution < 1.29 is 19.1 Å². The number of H-pyrrole nitrogens is 1. The van der Waals surface area contributed by atoms with E-state index in [0.29, 0.717) is 16.7 Å². The van der Waals surface area contributed by atoms with E-state index in [-0.39, 0.29) is 28.8 Å². The van der Waals surface area contributed by atoms with Crippen LogP contribution in [0.1, 0.15) is 57.8 Å². The number of carbonyl (C=O) groups excluding carboxylic acids is 2. The number of carbonyl (C=O) groups is 2. The number of pyridine rings is 1. The molecule has 0 aliphatic carbocycles. The van der Waals surface area contributed by atoms with Crippen molar-refractivity contribution in [2.75, 3.05) is 13.1 Å². The molecule has 3 rings (SSSR count). The predicted octanol–water partition coefficient (Wildman–Crippen LogP) is 3.43. The van der Waals surface area contributed by atoms with Crippen LogP contribution < -0.4 is 15.9 Å². The second kappa shape index (κ2) is 9.65. The molecule has 1 fully saturated rings. The van der Waals surface area contributed by atoms with Crippen molar-refractivity contribution in [1.29, 1.82) is 0 Å². The van der Waals surface area contributed by atoms with Crippen molar-refractivity contribution in [2.45, 2.75) is 59.2 Å². The second-order valence-corrected chi connectivity index (χ2v) is 8.44. The summed E-state index contributed by atoms with van der Waals surface area (Å²) in [5, 5.41) is 0.471. The number of likely N-dealkylation sites (tertiary alicyclic amines) is 1. The molecule has 0 unspecified atom stereocenters. The Morgan fingerprint density at radius 1 is 1.17 bits per heavy atom. The fourth-order valence-electron chi connectivity index (χ4n) is 2.97. The number of benzene rings is 1. The molecule has 0 radical (unpaired) electrons. The van der Waals surface area contributed by atoms with E-state index in [1.807, 2.05) is 34.6 Å². The minimum absolute atomic E-state index is 0.108. The lowest BCUT2D eigenvalue weighted by atomic mass is 10.1. The Bertz CT molecular complexity index is 953. The van der Waals surface area contributed by atoms with Gasteiger partial charge in [0.2, 0.25) is 0 Å². The molecule has 8 heteroatoms. The zero-order valence-electron chi connectivity index (χ0n) is 18.3. The first-order valence-electron chi connectivity index (χ1n) is 10.1. The molecule has 2 aromatic rings. The van der Waals surface area contributed by atoms with Gasteiger partial charge in [0.25, 0.3) is 5.91 Å². The van der Waals surface area contributed by atoms with Crippen molar-refractivity contribution in [2.24, 2.45) is 5.73 Å². The largest absolute Gasteiger partial charge is 0.490 e. The predicted molar refractivity (Wildman–Crippen MR) is 116 cm³/mol. The Labute approximate surface area is 176 Å². The van der Waals surface area contributed by atoms with Gasteiger partial charge in [-0.2, -0.15) is 0 Å². The maximum Gasteiger partial charge on any atom is 0.410 e. The van der Waals surface area contributed by atoms with Crippen LogP contribution in [-0.2, 0) is 4.74 Å². The van der Waals surface area contributed by atoms with Gasteiger partial charge in [-0.05, 0) is 59.6 Å². The third-order valence-corrected chi connectivity index (χ3v) is 4.24. The van der Waals surface area contributed by atoms with Gasteiger partial charge in [-0.3, -0.25) is 9.59 Å². The number of primary amides is 1. The van der Waals surface area contributed by atoms with Gasteiger partial charge < -0.3 is 25.1 Å². The van der Waals surface area contributed by atoms with Crippen molar-refractivity contribution in [1.82, 2.24) is 9.88 Å². The topological polar surface area (TPSA) is 115 Å². The van der Waals surface area contributed by atoms with Crippen LogP contribution >= 0.6 is 0 Å². The molecule has 1 aliphatic heterocycles. The molecule has 1 aromatic heterocycles. The Morgan fingerprint density at radius 3 is 2.33 bits per heavy atom. The van der Waals surface area contributed by atoms with Gasteiger partial charge in [0, 0.05) is 30.7 Å². The maximum absolute atomic E-state index is 11.7. The van der Waals surface area contributed by atoms with Crippen LogP contribution in [0.2, 0.25) is 0 Å². The summed E-state index contributed by atoms with van der Waals surface area (Å²) in [7, 11) is 0. The Hall–Kier alpha value is -3.03. The summed E-state index contributed by atoms with van der Waals surface area (Å²) in [5.74, 6) is -0.251. The normalized spacial score (nSPS) is 13.7. The summed E-state index contributed by atoms with van der Waals surface area (Å²) in [5.41, 5.74) is 5.64. The van der Waals surface area contributed by atoms with E-state index < -0.39 is 5.91 Å². The third-order valence-electron chi connectivity index (χ3n) is 4.24. The van der Waals surface area contributed by atoms with E-state index in [9.17, 15) is 14.4 Å². The summed E-state index contributed by atoms with van der Waals surface area (Å²) in [4.78, 5) is 39.1. The number of amides is 2. The first-order valence-corrected chi connectivity index (χ1v) is 10.1. The molecule has 0 atom stereocenters. The lowest BCUT2D eigenvalue weighted by Gasteiger charge is -2.23. The number of nitrogens with one attached hydrogen (secondary N) is 1. The van der Waals surface area contributed by atoms with Crippen LogP contribution in [0.5, 0.6) is 5.75 Å². The van der Waals surface area contributed by atoms with Gasteiger partial charge in [0.15, 0.2) is 5.43 Å². The Morgan fingerprint density at radius 2 is 1.80 bits per heavy atom. The molecule has 0 saturated carbocycles. The van der Waals surface area contributed by atoms with Gasteiger partial charge in [0.1, 0.15) is 11.4 Å². The van der Waals surface area contributed by atoms with Gasteiger partial charge in [-0.1, -0.05) is 0 Å². The zero-order valence-corrected chi connectivity index (χ0v) is 18.3. The van der Waals surface area contributed by atoms with Crippen LogP contribution in [0.15, 0.2) is 29.2 Å². The van der Waals surface area contributed by atoms with Gasteiger partial charge in [-0.15, -0.1) is 0 Å². The molecule has 1 aromatic carbocycles. The second-order valence-electron chi connectivity index (χ2n) is 8.44. The summed E-state index contributed by atoms with van der Waals surface area (Å²) in [6, 6.07) is 4.51. The van der Waals surface area contributed by atoms with Crippen LogP contribution in [-0.4, -0.2) is 46.7 Å². The smallest absolute Gasteiger partial charge is 0.410 e. The first-order chi connectivity index (χ1) is 14.0. The van der Waals surface area contributed by atoms with Crippen molar-refractivity contribution >= 4 is 22.9 Å². The number of hydrogen-bond donors (Lipinski definition) is 2. The molecule has 3 N–H and O–H groups in total. The van der Waals surface area contributed by atoms with Crippen LogP contribution in [0.4, 0.5) is 4.79 Å². The Balaban J connectivity index is 0.000000232. The number of fused-ring (bicyclic) bond motifs is 1. The number of nitrogens with zero attached hydrogens (tertiary/aromatic N) is 1. The number of nitrogens with two attached hydrogens (primary N) is 1. The monoisotopic (exact) mass is 417 g/mol. The minimum atomic E-state index is -0.586. The van der Waals surface area contributed by atoms with Crippen molar-refractivity contribution in [3.8, 4) is 5.75 Å². The summed E-state index contributed by atoms with van der Waals surface area (Å²) >= 11 is 0. The lowest BCUT2D eigenvalue weighted by Crippen LogP contribution is -2.34. The van der Waals surface area contributed by atoms with Crippen LogP contribution in [0.25, 0.3) is 10.9 Å². The van der Waals surface area contributed by atoms with Gasteiger partial charge in [0.05, 0.1) is 17.2 Å². The standard InChI is InChI=1S/C13H14N2O3.C9H17NO2/c1-7(2)18-12-6-8-10(5-9(12)13(14)17)15-4-3-11(8)16;1-9(2,3)12-8(11)10-6-4-5-7-10/h3-7H,1-2H3,(H2,14,17)(H,15,16);4-7H2,1-3H3. The van der Waals surface area contributed by atoms with Crippen LogP contribution in [0, 0.1) is 0 Å². The van der Waals surface area contributed by atoms with E-state index in [2.05, 4.69) is 4.98 Å². The molecular formula is C22H31N3O5. The molecule has 30 heavy (non-hydrogen) atoms. The van der Waals surface area contributed by atoms with E-state index >= 15 is 0 Å². The average molecular weight is 418 g/mol. The summed E-state index contributed by atoms with van der Waals surface area (Å²) in [6.07, 6.45) is 3.47. The molecule has 0 bridgehead atoms. The molecule has 2 amide bonds. The molecule has 8 nitrogen and oxygen atoms in total. The zero-order chi connectivity index (χ0) is 22.5. The highest BCUT2D eigenvalue weighted by Crippen LogP contribution is 2.24. The summed E-state index contributed by atoms with van der Waals surface area (Å²) in [6.45, 7) is 11.1. The number of aromatic nitrogens is 1. The molecule has 2 heterocycles. The quantitative estimate of drug-likeness (QED) is 0.794. The molecule has 1 aliphatic rings. The molecule has 0 spiro atoms. The fourth-order valence-corrected chi connectivity index (χ4v) is 2.97. The summed E-state index contributed by atoms with van der Waals surface area (Å²) < 4.78 is 10.7. The molecule has 164 valence electrons. The number of ether oxygens (including phenoxy) is 2. The Kier molecular flexibility index (Phi) is 7.48. The average Bonchev–Trinajstić information content (AvgIpc) is 3.15. The van der Waals surface area contributed by atoms with E-state index in [4.69, 9.17) is 15.2 Å². The van der Waals surface area contributed by atoms with Gasteiger partial charge in [-0.25, -0.2) is 4.79 Å². The van der Waals surface area contributed by atoms with E-state index in [1.165, 1.54) is 18.3 Å². The van der Waals surface area contributed by atoms with Crippen LogP contribution in [0.3, 0.4) is 0 Å². The highest BCUT2D eigenvalue weighted by Gasteiger charge is 2.23. The SMILES string of the molecule is CC(C)(C)OC(=O)N1CCCC1.CC(C)Oc1cc2c(=O)cc[nH]c2cc1C(N)=O. The van der Waals surface area contributed by atoms with Crippen molar-refractivity contribution in [3.63, 3.8) is 0 Å². The van der Waals surface area contributed by atoms with Crippen molar-refractivity contribution in [3.05, 3.63) is 40.2 Å². The highest BCUT2D eigenvalue weighted by molar-refractivity contribution is 5.99. The van der Waals surface area contributed by atoms with E-state index in [1.54, 1.807) is 11.0 Å². The highest BCUT2D eigenvalue weighted by atomic mass is 16.6. The molecular weight excluding hydrogens is 386 g/mol. The maximum atomic E-state index is 11.7. The fraction of sp³-hybridized carbons (Fsp3) is 0.500. The number of hydrogen-bond acceptors (Lipinski definition) is 5. The molecule has 1 saturated heterocycles. The van der Waals surface area contributed by atoms with Gasteiger partial charge >= 0.3 is 6.09 Å². The number of aromatic amines is 1. The number of rotatable bonds is 3. The first kappa shape index (κ1) is 23.3. The third kappa shape index (κ3) is 6.50.